The molecule has 6 heteroatoms. The molecule has 104 valence electrons. The Bertz CT molecular complexity index is 476. The molecule has 1 heterocycles. The maximum atomic E-state index is 13.6. The minimum Gasteiger partial charge on any atom is -0.376 e. The van der Waals surface area contributed by atoms with Crippen LogP contribution in [0.2, 0.25) is 5.02 Å². The molecule has 1 amide bonds. The molecule has 1 aliphatic rings. The van der Waals surface area contributed by atoms with E-state index >= 15 is 0 Å². The van der Waals surface area contributed by atoms with Gasteiger partial charge in [0.2, 0.25) is 0 Å². The van der Waals surface area contributed by atoms with Gasteiger partial charge in [0.25, 0.3) is 5.91 Å². The Labute approximate surface area is 114 Å². The van der Waals surface area contributed by atoms with Crippen molar-refractivity contribution in [2.75, 3.05) is 13.2 Å². The van der Waals surface area contributed by atoms with Crippen LogP contribution in [0, 0.1) is 18.6 Å². The molecule has 19 heavy (non-hydrogen) atoms. The topological polar surface area (TPSA) is 38.3 Å². The van der Waals surface area contributed by atoms with E-state index in [-0.39, 0.29) is 17.7 Å². The molecule has 1 atom stereocenters. The SMILES string of the molecule is Cc1cc(F)c(F)c(C(=O)NC[C@@H]2CCCO2)c1Cl. The Morgan fingerprint density at radius 2 is 2.32 bits per heavy atom. The molecular formula is C13H14ClF2NO2. The number of hydrogen-bond acceptors (Lipinski definition) is 2. The zero-order valence-electron chi connectivity index (χ0n) is 10.4. The fourth-order valence-electron chi connectivity index (χ4n) is 2.03. The number of nitrogens with one attached hydrogen (secondary N) is 1. The van der Waals surface area contributed by atoms with Crippen molar-refractivity contribution >= 4 is 17.5 Å². The van der Waals surface area contributed by atoms with E-state index < -0.39 is 23.1 Å². The summed E-state index contributed by atoms with van der Waals surface area (Å²) < 4.78 is 32.3. The summed E-state index contributed by atoms with van der Waals surface area (Å²) in [4.78, 5) is 11.9. The van der Waals surface area contributed by atoms with Crippen LogP contribution in [0.25, 0.3) is 0 Å². The summed E-state index contributed by atoms with van der Waals surface area (Å²) in [6, 6.07) is 0.967. The highest BCUT2D eigenvalue weighted by atomic mass is 35.5. The Morgan fingerprint density at radius 3 is 2.95 bits per heavy atom. The summed E-state index contributed by atoms with van der Waals surface area (Å²) >= 11 is 5.86. The van der Waals surface area contributed by atoms with Crippen LogP contribution in [-0.2, 0) is 4.74 Å². The van der Waals surface area contributed by atoms with E-state index in [2.05, 4.69) is 5.32 Å². The number of amides is 1. The Kier molecular flexibility index (Phi) is 4.37. The summed E-state index contributed by atoms with van der Waals surface area (Å²) in [5.41, 5.74) is -0.125. The molecule has 1 saturated heterocycles. The van der Waals surface area contributed by atoms with Crippen LogP contribution in [0.1, 0.15) is 28.8 Å². The molecule has 0 radical (unpaired) electrons. The smallest absolute Gasteiger partial charge is 0.255 e. The molecule has 1 fully saturated rings. The van der Waals surface area contributed by atoms with E-state index in [1.54, 1.807) is 0 Å². The van der Waals surface area contributed by atoms with Crippen LogP contribution in [0.4, 0.5) is 8.78 Å². The third kappa shape index (κ3) is 3.04. The van der Waals surface area contributed by atoms with Crippen molar-refractivity contribution in [1.82, 2.24) is 5.32 Å². The van der Waals surface area contributed by atoms with Gasteiger partial charge >= 0.3 is 0 Å². The Balaban J connectivity index is 2.14. The van der Waals surface area contributed by atoms with Crippen LogP contribution in [-0.4, -0.2) is 25.2 Å². The first-order valence-electron chi connectivity index (χ1n) is 6.04. The average molecular weight is 290 g/mol. The zero-order chi connectivity index (χ0) is 14.0. The first kappa shape index (κ1) is 14.2. The quantitative estimate of drug-likeness (QED) is 0.869. The maximum Gasteiger partial charge on any atom is 0.255 e. The van der Waals surface area contributed by atoms with Crippen molar-refractivity contribution in [3.05, 3.63) is 33.9 Å². The number of carbonyl (C=O) groups is 1. The van der Waals surface area contributed by atoms with Crippen molar-refractivity contribution in [1.29, 1.82) is 0 Å². The van der Waals surface area contributed by atoms with Gasteiger partial charge in [0, 0.05) is 13.2 Å². The van der Waals surface area contributed by atoms with E-state index in [1.807, 2.05) is 0 Å². The van der Waals surface area contributed by atoms with E-state index in [9.17, 15) is 13.6 Å². The summed E-state index contributed by atoms with van der Waals surface area (Å²) in [5, 5.41) is 2.46. The number of ether oxygens (including phenoxy) is 1. The maximum absolute atomic E-state index is 13.6. The second-order valence-electron chi connectivity index (χ2n) is 4.52. The number of hydrogen-bond donors (Lipinski definition) is 1. The number of aryl methyl sites for hydroxylation is 1. The predicted octanol–water partition coefficient (Wildman–Crippen LogP) is 2.84. The lowest BCUT2D eigenvalue weighted by Gasteiger charge is -2.13. The lowest BCUT2D eigenvalue weighted by atomic mass is 10.1. The molecule has 0 unspecified atom stereocenters. The fourth-order valence-corrected chi connectivity index (χ4v) is 2.25. The third-order valence-electron chi connectivity index (χ3n) is 3.08. The highest BCUT2D eigenvalue weighted by Crippen LogP contribution is 2.25. The summed E-state index contributed by atoms with van der Waals surface area (Å²) in [6.07, 6.45) is 1.72. The van der Waals surface area contributed by atoms with Crippen LogP contribution >= 0.6 is 11.6 Å². The molecule has 2 rings (SSSR count). The summed E-state index contributed by atoms with van der Waals surface area (Å²) in [6.45, 7) is 2.45. The van der Waals surface area contributed by atoms with Crippen molar-refractivity contribution in [2.45, 2.75) is 25.9 Å². The highest BCUT2D eigenvalue weighted by molar-refractivity contribution is 6.34. The highest BCUT2D eigenvalue weighted by Gasteiger charge is 2.23. The van der Waals surface area contributed by atoms with Gasteiger partial charge in [0.05, 0.1) is 16.7 Å². The van der Waals surface area contributed by atoms with Crippen LogP contribution < -0.4 is 5.32 Å². The van der Waals surface area contributed by atoms with Crippen LogP contribution in [0.15, 0.2) is 6.07 Å². The Morgan fingerprint density at radius 1 is 1.58 bits per heavy atom. The van der Waals surface area contributed by atoms with E-state index in [0.717, 1.165) is 18.9 Å². The molecule has 0 aliphatic carbocycles. The van der Waals surface area contributed by atoms with Crippen molar-refractivity contribution in [3.8, 4) is 0 Å². The van der Waals surface area contributed by atoms with Crippen molar-refractivity contribution < 1.29 is 18.3 Å². The predicted molar refractivity (Wildman–Crippen MR) is 67.4 cm³/mol. The lowest BCUT2D eigenvalue weighted by Crippen LogP contribution is -2.32. The molecule has 1 aromatic rings. The minimum absolute atomic E-state index is 0.0660. The first-order chi connectivity index (χ1) is 9.00. The fraction of sp³-hybridized carbons (Fsp3) is 0.462. The molecule has 0 spiro atoms. The molecule has 1 aliphatic heterocycles. The van der Waals surface area contributed by atoms with Crippen molar-refractivity contribution in [2.24, 2.45) is 0 Å². The summed E-state index contributed by atoms with van der Waals surface area (Å²) in [7, 11) is 0. The van der Waals surface area contributed by atoms with Gasteiger partial charge in [0.1, 0.15) is 0 Å². The van der Waals surface area contributed by atoms with Gasteiger partial charge in [0.15, 0.2) is 11.6 Å². The molecule has 0 saturated carbocycles. The number of benzene rings is 1. The second-order valence-corrected chi connectivity index (χ2v) is 4.90. The number of carbonyl (C=O) groups excluding carboxylic acids is 1. The van der Waals surface area contributed by atoms with E-state index in [0.29, 0.717) is 12.2 Å². The largest absolute Gasteiger partial charge is 0.376 e. The number of halogens is 3. The molecule has 1 N–H and O–H groups in total. The molecule has 0 bridgehead atoms. The van der Waals surface area contributed by atoms with Gasteiger partial charge in [-0.1, -0.05) is 11.6 Å². The van der Waals surface area contributed by atoms with Gasteiger partial charge < -0.3 is 10.1 Å². The van der Waals surface area contributed by atoms with E-state index in [1.165, 1.54) is 6.92 Å². The molecule has 3 nitrogen and oxygen atoms in total. The molecular weight excluding hydrogens is 276 g/mol. The van der Waals surface area contributed by atoms with Crippen molar-refractivity contribution in [3.63, 3.8) is 0 Å². The number of rotatable bonds is 3. The standard InChI is InChI=1S/C13H14ClF2NO2/c1-7-5-9(15)12(16)10(11(7)14)13(18)17-6-8-3-2-4-19-8/h5,8H,2-4,6H2,1H3,(H,17,18)/t8-/m0/s1. The monoisotopic (exact) mass is 289 g/mol. The normalized spacial score (nSPS) is 18.6. The molecule has 0 aromatic heterocycles. The second kappa shape index (κ2) is 5.84. The average Bonchev–Trinajstić information content (AvgIpc) is 2.87. The van der Waals surface area contributed by atoms with E-state index in [4.69, 9.17) is 16.3 Å². The lowest BCUT2D eigenvalue weighted by molar-refractivity contribution is 0.0853. The zero-order valence-corrected chi connectivity index (χ0v) is 11.2. The van der Waals surface area contributed by atoms with Gasteiger partial charge in [-0.3, -0.25) is 4.79 Å². The summed E-state index contributed by atoms with van der Waals surface area (Å²) in [5.74, 6) is -3.02. The minimum atomic E-state index is -1.22. The third-order valence-corrected chi connectivity index (χ3v) is 3.57. The van der Waals surface area contributed by atoms with Gasteiger partial charge in [-0.15, -0.1) is 0 Å². The van der Waals surface area contributed by atoms with Crippen LogP contribution in [0.3, 0.4) is 0 Å². The van der Waals surface area contributed by atoms with Gasteiger partial charge in [-0.2, -0.15) is 0 Å². The van der Waals surface area contributed by atoms with Gasteiger partial charge in [-0.05, 0) is 31.4 Å². The first-order valence-corrected chi connectivity index (χ1v) is 6.42. The van der Waals surface area contributed by atoms with Crippen LogP contribution in [0.5, 0.6) is 0 Å². The van der Waals surface area contributed by atoms with Gasteiger partial charge in [-0.25, -0.2) is 8.78 Å². The Hall–Kier alpha value is -1.20. The molecule has 1 aromatic carbocycles.